The maximum Gasteiger partial charge on any atom is 0.266 e. The van der Waals surface area contributed by atoms with Crippen molar-refractivity contribution in [3.63, 3.8) is 0 Å². The fraction of sp³-hybridized carbons (Fsp3) is 0.218. The van der Waals surface area contributed by atoms with Crippen LogP contribution >= 0.6 is 0 Å². The van der Waals surface area contributed by atoms with Crippen LogP contribution in [0.2, 0.25) is 0 Å². The Balaban J connectivity index is 0.642. The molecule has 0 saturated carbocycles. The van der Waals surface area contributed by atoms with Crippen molar-refractivity contribution in [3.8, 4) is 33.8 Å². The molecule has 0 N–H and O–H groups in total. The second-order valence-corrected chi connectivity index (χ2v) is 28.9. The molecule has 2 aliphatic rings. The normalized spacial score (nSPS) is 13.9. The molecule has 4 amide bonds. The van der Waals surface area contributed by atoms with Gasteiger partial charge in [0.2, 0.25) is 0 Å². The molecule has 14 aromatic rings. The molecule has 0 spiro atoms. The molecular formula is C87H74N2O6. The number of imide groups is 2. The topological polar surface area (TPSA) is 93.2 Å². The highest BCUT2D eigenvalue weighted by Gasteiger charge is 2.41. The van der Waals surface area contributed by atoms with Gasteiger partial charge >= 0.3 is 0 Å². The van der Waals surface area contributed by atoms with E-state index in [-0.39, 0.29) is 47.3 Å². The molecular weight excluding hydrogens is 1170 g/mol. The number of amides is 4. The lowest BCUT2D eigenvalue weighted by molar-refractivity contribution is 0.00502. The highest BCUT2D eigenvalue weighted by Crippen LogP contribution is 2.51. The number of benzene rings is 14. The zero-order valence-corrected chi connectivity index (χ0v) is 55.8. The Morgan fingerprint density at radius 3 is 0.832 bits per heavy atom. The van der Waals surface area contributed by atoms with Crippen molar-refractivity contribution in [2.45, 2.75) is 124 Å². The van der Waals surface area contributed by atoms with E-state index < -0.39 is 11.2 Å². The van der Waals surface area contributed by atoms with Crippen LogP contribution in [0.15, 0.2) is 194 Å². The fourth-order valence-corrected chi connectivity index (χ4v) is 16.6. The summed E-state index contributed by atoms with van der Waals surface area (Å²) in [6, 6.07) is 66.7. The van der Waals surface area contributed by atoms with Crippen LogP contribution in [0.1, 0.15) is 177 Å². The van der Waals surface area contributed by atoms with Crippen molar-refractivity contribution in [1.82, 2.24) is 0 Å². The van der Waals surface area contributed by atoms with Crippen LogP contribution in [-0.4, -0.2) is 34.8 Å². The van der Waals surface area contributed by atoms with Gasteiger partial charge in [0.25, 0.3) is 23.6 Å². The highest BCUT2D eigenvalue weighted by molar-refractivity contribution is 6.44. The minimum atomic E-state index is -0.599. The van der Waals surface area contributed by atoms with Crippen LogP contribution in [-0.2, 0) is 0 Å². The van der Waals surface area contributed by atoms with Crippen LogP contribution in [0.25, 0.3) is 108 Å². The zero-order valence-electron chi connectivity index (χ0n) is 55.8. The van der Waals surface area contributed by atoms with Crippen LogP contribution in [0.5, 0.6) is 11.5 Å². The molecule has 2 heterocycles. The summed E-state index contributed by atoms with van der Waals surface area (Å²) in [5.41, 5.74) is 10.7. The van der Waals surface area contributed by atoms with Gasteiger partial charge in [0, 0.05) is 39.4 Å². The molecule has 8 heteroatoms. The zero-order chi connectivity index (χ0) is 66.0. The van der Waals surface area contributed by atoms with E-state index in [9.17, 15) is 19.2 Å². The minimum absolute atomic E-state index is 0.111. The quantitative estimate of drug-likeness (QED) is 0.0612. The predicted molar refractivity (Wildman–Crippen MR) is 392 cm³/mol. The van der Waals surface area contributed by atoms with E-state index in [0.717, 1.165) is 142 Å². The Labute approximate surface area is 553 Å². The molecule has 2 aliphatic heterocycles. The number of fused-ring (bicyclic) bond motifs is 4. The van der Waals surface area contributed by atoms with Gasteiger partial charge in [-0.3, -0.25) is 19.2 Å². The summed E-state index contributed by atoms with van der Waals surface area (Å²) in [4.78, 5) is 62.3. The molecule has 16 rings (SSSR count). The van der Waals surface area contributed by atoms with Crippen molar-refractivity contribution in [2.75, 3.05) is 9.80 Å². The van der Waals surface area contributed by atoms with Crippen LogP contribution in [0.3, 0.4) is 0 Å². The average molecular weight is 1240 g/mol. The van der Waals surface area contributed by atoms with Gasteiger partial charge in [-0.2, -0.15) is 0 Å². The predicted octanol–water partition coefficient (Wildman–Crippen LogP) is 22.6. The van der Waals surface area contributed by atoms with Gasteiger partial charge < -0.3 is 9.47 Å². The number of hydrogen-bond acceptors (Lipinski definition) is 6. The van der Waals surface area contributed by atoms with Gasteiger partial charge in [-0.15, -0.1) is 0 Å². The molecule has 0 unspecified atom stereocenters. The van der Waals surface area contributed by atoms with E-state index in [2.05, 4.69) is 217 Å². The Hall–Kier alpha value is -10.4. The van der Waals surface area contributed by atoms with Gasteiger partial charge in [-0.25, -0.2) is 9.80 Å². The third kappa shape index (κ3) is 9.07. The van der Waals surface area contributed by atoms with E-state index in [1.54, 1.807) is 0 Å². The summed E-state index contributed by atoms with van der Waals surface area (Å²) in [7, 11) is 0. The van der Waals surface area contributed by atoms with E-state index in [1.165, 1.54) is 9.80 Å². The van der Waals surface area contributed by atoms with Crippen molar-refractivity contribution in [1.29, 1.82) is 0 Å². The lowest BCUT2D eigenvalue weighted by Crippen LogP contribution is -2.41. The van der Waals surface area contributed by atoms with Gasteiger partial charge in [-0.05, 0) is 220 Å². The molecule has 0 saturated heterocycles. The third-order valence-corrected chi connectivity index (χ3v) is 20.4. The number of carbonyl (C=O) groups excluding carboxylic acids is 4. The SMILES string of the molecule is CC(C)c1cccc(C(C)C)c1N1C(=O)c2ccc3c4cccc5c(-c6ccc(OC(C)(C)CC(C)(C)Oc7ccc(-c8ccc9c%10ccc%11c%12c(ccc(c%13cccc8c%139)c%12%10)C(=O)N(c8c(C(C)C)cccc8C(C)C)C%11=O)cc7)cc6)ccc(c6ccc(c2c36)C1=O)c54. The second kappa shape index (κ2) is 21.6. The number of nitrogens with zero attached hydrogens (tertiary/aromatic N) is 2. The first-order chi connectivity index (χ1) is 45.6. The number of ether oxygens (including phenoxy) is 2. The maximum absolute atomic E-state index is 14.9. The van der Waals surface area contributed by atoms with E-state index in [1.807, 2.05) is 60.7 Å². The monoisotopic (exact) mass is 1240 g/mol. The lowest BCUT2D eigenvalue weighted by atomic mass is 9.83. The Bertz CT molecular complexity index is 5070. The summed E-state index contributed by atoms with van der Waals surface area (Å²) in [6.07, 6.45) is 0.596. The Morgan fingerprint density at radius 1 is 0.284 bits per heavy atom. The van der Waals surface area contributed by atoms with Gasteiger partial charge in [0.05, 0.1) is 11.4 Å². The van der Waals surface area contributed by atoms with Crippen LogP contribution in [0.4, 0.5) is 11.4 Å². The van der Waals surface area contributed by atoms with E-state index in [0.29, 0.717) is 40.0 Å². The van der Waals surface area contributed by atoms with Crippen molar-refractivity contribution in [2.24, 2.45) is 0 Å². The maximum atomic E-state index is 14.9. The molecule has 0 aliphatic carbocycles. The van der Waals surface area contributed by atoms with Gasteiger partial charge in [-0.1, -0.05) is 201 Å². The Morgan fingerprint density at radius 2 is 0.537 bits per heavy atom. The summed E-state index contributed by atoms with van der Waals surface area (Å²) >= 11 is 0. The first-order valence-electron chi connectivity index (χ1n) is 33.5. The number of para-hydroxylation sites is 2. The number of anilines is 2. The fourth-order valence-electron chi connectivity index (χ4n) is 16.6. The second-order valence-electron chi connectivity index (χ2n) is 28.9. The molecule has 0 radical (unpaired) electrons. The average Bonchev–Trinajstić information content (AvgIpc) is 0.704. The molecule has 0 fully saturated rings. The number of rotatable bonds is 14. The molecule has 0 aromatic heterocycles. The molecule has 95 heavy (non-hydrogen) atoms. The molecule has 468 valence electrons. The van der Waals surface area contributed by atoms with Crippen LogP contribution in [0, 0.1) is 0 Å². The minimum Gasteiger partial charge on any atom is -0.488 e. The van der Waals surface area contributed by atoms with Crippen LogP contribution < -0.4 is 19.3 Å². The summed E-state index contributed by atoms with van der Waals surface area (Å²) in [6.45, 7) is 25.3. The third-order valence-electron chi connectivity index (χ3n) is 20.4. The molecule has 0 bridgehead atoms. The van der Waals surface area contributed by atoms with Crippen molar-refractivity contribution < 1.29 is 28.7 Å². The number of carbonyl (C=O) groups is 4. The van der Waals surface area contributed by atoms with Crippen molar-refractivity contribution >= 4 is 121 Å². The highest BCUT2D eigenvalue weighted by atomic mass is 16.5. The molecule has 14 aromatic carbocycles. The smallest absolute Gasteiger partial charge is 0.266 e. The summed E-state index contributed by atoms with van der Waals surface area (Å²) in [5.74, 6) is 0.831. The first kappa shape index (κ1) is 59.6. The lowest BCUT2D eigenvalue weighted by Gasteiger charge is -2.35. The van der Waals surface area contributed by atoms with E-state index in [4.69, 9.17) is 9.47 Å². The summed E-state index contributed by atoms with van der Waals surface area (Å²) < 4.78 is 13.6. The first-order valence-corrected chi connectivity index (χ1v) is 33.5. The van der Waals surface area contributed by atoms with Crippen molar-refractivity contribution in [3.05, 3.63) is 239 Å². The number of hydrogen-bond donors (Lipinski definition) is 0. The van der Waals surface area contributed by atoms with Gasteiger partial charge in [0.15, 0.2) is 0 Å². The summed E-state index contributed by atoms with van der Waals surface area (Å²) in [5, 5.41) is 16.2. The largest absolute Gasteiger partial charge is 0.488 e. The molecule has 8 nitrogen and oxygen atoms in total. The standard InChI is InChI=1S/C87H74N2O6/c1-46(2)54-17-13-18-55(47(3)4)80(54)88-82(90)70-41-37-66-62-23-15-21-60-58(33-35-64(74(60)62)68-39-43-72(84(88)92)78(70)76(66)68)50-25-29-52(30-26-50)94-86(9,10)45-87(11,12)95-53-31-27-51(28-32-53)59-34-36-65-69-40-44-73-79-71(42-38-67(77(69)79)63-24-16-22-61(59)75(63)65)83(91)89(85(73)93)81-56(48(5)6)19-14-20-57(81)49(7)8/h13-44,46-49H,45H2,1-12H3. The Kier molecular flexibility index (Phi) is 13.5. The molecule has 0 atom stereocenters. The van der Waals surface area contributed by atoms with Gasteiger partial charge in [0.1, 0.15) is 22.7 Å². The van der Waals surface area contributed by atoms with E-state index >= 15 is 0 Å².